The lowest BCUT2D eigenvalue weighted by molar-refractivity contribution is -0.385. The Kier molecular flexibility index (Phi) is 4.37. The van der Waals surface area contributed by atoms with Crippen LogP contribution in [-0.4, -0.2) is 21.9 Å². The molecule has 1 heterocycles. The number of aromatic nitrogens is 2. The summed E-state index contributed by atoms with van der Waals surface area (Å²) in [6, 6.07) is 3.11. The fourth-order valence-electron chi connectivity index (χ4n) is 1.78. The summed E-state index contributed by atoms with van der Waals surface area (Å²) in [5, 5.41) is 13.8. The first-order valence-electron chi connectivity index (χ1n) is 6.06. The van der Waals surface area contributed by atoms with Crippen LogP contribution in [0, 0.1) is 24.0 Å². The Labute approximate surface area is 129 Å². The summed E-state index contributed by atoms with van der Waals surface area (Å²) < 4.78 is 6.25. The van der Waals surface area contributed by atoms with E-state index >= 15 is 0 Å². The van der Waals surface area contributed by atoms with Gasteiger partial charge in [0.15, 0.2) is 0 Å². The van der Waals surface area contributed by atoms with E-state index < -0.39 is 4.92 Å². The van der Waals surface area contributed by atoms with Crippen molar-refractivity contribution in [1.82, 2.24) is 9.97 Å². The highest BCUT2D eigenvalue weighted by molar-refractivity contribution is 9.10. The number of benzene rings is 1. The number of nitro benzene ring substituents is 1. The SMILES string of the molecule is CNc1ncc(Br)c(Oc2cc([N+](=O)[O-])c(C)cc2C)n1. The smallest absolute Gasteiger partial charge is 0.276 e. The van der Waals surface area contributed by atoms with Crippen molar-refractivity contribution in [3.05, 3.63) is 44.0 Å². The number of hydrogen-bond acceptors (Lipinski definition) is 6. The summed E-state index contributed by atoms with van der Waals surface area (Å²) in [6.45, 7) is 3.51. The minimum absolute atomic E-state index is 0.00891. The fraction of sp³-hybridized carbons (Fsp3) is 0.231. The Balaban J connectivity index is 2.44. The maximum Gasteiger partial charge on any atom is 0.276 e. The lowest BCUT2D eigenvalue weighted by Gasteiger charge is -2.11. The number of halogens is 1. The van der Waals surface area contributed by atoms with E-state index in [-0.39, 0.29) is 11.6 Å². The summed E-state index contributed by atoms with van der Waals surface area (Å²) >= 11 is 3.29. The molecule has 2 aromatic rings. The number of ether oxygens (including phenoxy) is 1. The predicted molar refractivity (Wildman–Crippen MR) is 81.9 cm³/mol. The number of anilines is 1. The topological polar surface area (TPSA) is 90.2 Å². The maximum atomic E-state index is 11.0. The van der Waals surface area contributed by atoms with Crippen molar-refractivity contribution >= 4 is 27.6 Å². The van der Waals surface area contributed by atoms with Gasteiger partial charge in [0, 0.05) is 12.6 Å². The summed E-state index contributed by atoms with van der Waals surface area (Å²) in [6.07, 6.45) is 1.55. The molecule has 110 valence electrons. The second kappa shape index (κ2) is 6.04. The largest absolute Gasteiger partial charge is 0.437 e. The number of nitro groups is 1. The average Bonchev–Trinajstić information content (AvgIpc) is 2.43. The van der Waals surface area contributed by atoms with Gasteiger partial charge in [-0.15, -0.1) is 0 Å². The van der Waals surface area contributed by atoms with Crippen molar-refractivity contribution < 1.29 is 9.66 Å². The molecule has 1 aromatic carbocycles. The van der Waals surface area contributed by atoms with Gasteiger partial charge in [-0.2, -0.15) is 4.98 Å². The molecule has 8 heteroatoms. The normalized spacial score (nSPS) is 10.3. The molecule has 0 radical (unpaired) electrons. The van der Waals surface area contributed by atoms with Crippen LogP contribution >= 0.6 is 15.9 Å². The standard InChI is InChI=1S/C13H13BrN4O3/c1-7-4-8(2)11(5-10(7)18(19)20)21-12-9(14)6-16-13(15-3)17-12/h4-6H,1-3H3,(H,15,16,17). The molecule has 0 fully saturated rings. The molecule has 0 saturated heterocycles. The van der Waals surface area contributed by atoms with Crippen molar-refractivity contribution in [2.75, 3.05) is 12.4 Å². The monoisotopic (exact) mass is 352 g/mol. The third-order valence-corrected chi connectivity index (χ3v) is 3.38. The summed E-state index contributed by atoms with van der Waals surface area (Å²) in [5.41, 5.74) is 1.38. The lowest BCUT2D eigenvalue weighted by atomic mass is 10.1. The van der Waals surface area contributed by atoms with Gasteiger partial charge in [-0.1, -0.05) is 0 Å². The number of aryl methyl sites for hydroxylation is 2. The Morgan fingerprint density at radius 3 is 2.67 bits per heavy atom. The van der Waals surface area contributed by atoms with Gasteiger partial charge >= 0.3 is 0 Å². The van der Waals surface area contributed by atoms with E-state index in [4.69, 9.17) is 4.74 Å². The highest BCUT2D eigenvalue weighted by Gasteiger charge is 2.16. The van der Waals surface area contributed by atoms with Crippen molar-refractivity contribution in [3.63, 3.8) is 0 Å². The fourth-order valence-corrected chi connectivity index (χ4v) is 2.05. The first-order valence-corrected chi connectivity index (χ1v) is 6.85. The van der Waals surface area contributed by atoms with Crippen molar-refractivity contribution in [1.29, 1.82) is 0 Å². The number of nitrogens with zero attached hydrogens (tertiary/aromatic N) is 3. The Hall–Kier alpha value is -2.22. The van der Waals surface area contributed by atoms with Gasteiger partial charge in [-0.25, -0.2) is 4.98 Å². The van der Waals surface area contributed by atoms with Crippen molar-refractivity contribution in [2.24, 2.45) is 0 Å². The molecule has 1 N–H and O–H groups in total. The minimum atomic E-state index is -0.435. The molecular formula is C13H13BrN4O3. The first kappa shape index (κ1) is 15.2. The van der Waals surface area contributed by atoms with Crippen LogP contribution in [0.25, 0.3) is 0 Å². The van der Waals surface area contributed by atoms with E-state index in [2.05, 4.69) is 31.2 Å². The summed E-state index contributed by atoms with van der Waals surface area (Å²) in [4.78, 5) is 18.8. The van der Waals surface area contributed by atoms with E-state index in [0.717, 1.165) is 5.56 Å². The van der Waals surface area contributed by atoms with E-state index in [9.17, 15) is 10.1 Å². The molecule has 0 atom stereocenters. The van der Waals surface area contributed by atoms with Gasteiger partial charge in [0.2, 0.25) is 11.8 Å². The molecule has 0 bridgehead atoms. The molecular weight excluding hydrogens is 340 g/mol. The lowest BCUT2D eigenvalue weighted by Crippen LogP contribution is -2.00. The minimum Gasteiger partial charge on any atom is -0.437 e. The molecule has 1 aromatic heterocycles. The molecule has 21 heavy (non-hydrogen) atoms. The molecule has 0 amide bonds. The number of hydrogen-bond donors (Lipinski definition) is 1. The van der Waals surface area contributed by atoms with Gasteiger partial charge < -0.3 is 10.1 Å². The van der Waals surface area contributed by atoms with Crippen LogP contribution in [0.2, 0.25) is 0 Å². The quantitative estimate of drug-likeness (QED) is 0.667. The van der Waals surface area contributed by atoms with Crippen molar-refractivity contribution in [3.8, 4) is 11.6 Å². The zero-order valence-corrected chi connectivity index (χ0v) is 13.3. The van der Waals surface area contributed by atoms with Gasteiger partial charge in [-0.3, -0.25) is 10.1 Å². The van der Waals surface area contributed by atoms with Crippen LogP contribution < -0.4 is 10.1 Å². The molecule has 0 saturated carbocycles. The molecule has 7 nitrogen and oxygen atoms in total. The molecule has 0 unspecified atom stereocenters. The molecule has 0 aliphatic heterocycles. The van der Waals surface area contributed by atoms with Gasteiger partial charge in [0.05, 0.1) is 21.7 Å². The van der Waals surface area contributed by atoms with E-state index in [1.165, 1.54) is 6.07 Å². The predicted octanol–water partition coefficient (Wildman–Crippen LogP) is 3.60. The number of rotatable bonds is 4. The first-order chi connectivity index (χ1) is 9.92. The third kappa shape index (κ3) is 3.27. The van der Waals surface area contributed by atoms with Crippen molar-refractivity contribution in [2.45, 2.75) is 13.8 Å². The van der Waals surface area contributed by atoms with Gasteiger partial charge in [-0.05, 0) is 41.4 Å². The van der Waals surface area contributed by atoms with E-state index in [1.54, 1.807) is 26.2 Å². The van der Waals surface area contributed by atoms with Crippen LogP contribution in [0.1, 0.15) is 11.1 Å². The second-order valence-electron chi connectivity index (χ2n) is 4.36. The van der Waals surface area contributed by atoms with Crippen LogP contribution in [0.3, 0.4) is 0 Å². The third-order valence-electron chi connectivity index (χ3n) is 2.83. The maximum absolute atomic E-state index is 11.0. The second-order valence-corrected chi connectivity index (χ2v) is 5.21. The highest BCUT2D eigenvalue weighted by Crippen LogP contribution is 2.33. The molecule has 2 rings (SSSR count). The molecule has 0 aliphatic carbocycles. The Bertz CT molecular complexity index is 706. The van der Waals surface area contributed by atoms with Gasteiger partial charge in [0.1, 0.15) is 5.75 Å². The summed E-state index contributed by atoms with van der Waals surface area (Å²) in [5.74, 6) is 1.07. The van der Waals surface area contributed by atoms with Crippen LogP contribution in [0.5, 0.6) is 11.6 Å². The number of nitrogens with one attached hydrogen (secondary N) is 1. The van der Waals surface area contributed by atoms with Gasteiger partial charge in [0.25, 0.3) is 5.69 Å². The van der Waals surface area contributed by atoms with Crippen LogP contribution in [0.15, 0.2) is 22.8 Å². The van der Waals surface area contributed by atoms with Crippen LogP contribution in [-0.2, 0) is 0 Å². The zero-order valence-electron chi connectivity index (χ0n) is 11.7. The van der Waals surface area contributed by atoms with E-state index in [0.29, 0.717) is 21.7 Å². The Morgan fingerprint density at radius 2 is 2.05 bits per heavy atom. The highest BCUT2D eigenvalue weighted by atomic mass is 79.9. The molecule has 0 spiro atoms. The van der Waals surface area contributed by atoms with Crippen LogP contribution in [0.4, 0.5) is 11.6 Å². The zero-order chi connectivity index (χ0) is 15.6. The Morgan fingerprint density at radius 1 is 1.33 bits per heavy atom. The summed E-state index contributed by atoms with van der Waals surface area (Å²) in [7, 11) is 1.69. The average molecular weight is 353 g/mol. The van der Waals surface area contributed by atoms with E-state index in [1.807, 2.05) is 6.92 Å². The molecule has 0 aliphatic rings.